The standard InChI is InChI=1S/C16H20N2O4/c1-16(2,15(20)18-11-4-5-11)14(19)17-8-10-3-6-12-13(7-10)22-9-21-12/h3,6-7,11H,4-5,8-9H2,1-2H3,(H,17,19)(H,18,20). The Labute approximate surface area is 129 Å². The maximum Gasteiger partial charge on any atom is 0.235 e. The first-order valence-corrected chi connectivity index (χ1v) is 7.44. The first-order chi connectivity index (χ1) is 10.5. The van der Waals surface area contributed by atoms with Crippen molar-refractivity contribution in [3.63, 3.8) is 0 Å². The van der Waals surface area contributed by atoms with Crippen molar-refractivity contribution in [2.75, 3.05) is 6.79 Å². The highest BCUT2D eigenvalue weighted by Crippen LogP contribution is 2.32. The quantitative estimate of drug-likeness (QED) is 0.805. The fourth-order valence-corrected chi connectivity index (χ4v) is 2.15. The minimum absolute atomic E-state index is 0.222. The van der Waals surface area contributed by atoms with Gasteiger partial charge in [-0.3, -0.25) is 9.59 Å². The molecule has 0 spiro atoms. The lowest BCUT2D eigenvalue weighted by Gasteiger charge is -2.22. The Bertz CT molecular complexity index is 608. The molecule has 2 aliphatic rings. The summed E-state index contributed by atoms with van der Waals surface area (Å²) in [5.74, 6) is 0.873. The molecular weight excluding hydrogens is 284 g/mol. The SMILES string of the molecule is CC(C)(C(=O)NCc1ccc2c(c1)OCO2)C(=O)NC1CC1. The molecule has 2 amide bonds. The molecule has 22 heavy (non-hydrogen) atoms. The van der Waals surface area contributed by atoms with E-state index < -0.39 is 5.41 Å². The predicted octanol–water partition coefficient (Wildman–Crippen LogP) is 1.34. The molecule has 3 rings (SSSR count). The highest BCUT2D eigenvalue weighted by molar-refractivity contribution is 6.04. The van der Waals surface area contributed by atoms with Crippen LogP contribution in [0, 0.1) is 5.41 Å². The average molecular weight is 304 g/mol. The molecule has 1 aliphatic heterocycles. The van der Waals surface area contributed by atoms with E-state index in [0.29, 0.717) is 18.0 Å². The molecule has 0 aromatic heterocycles. The third-order valence-corrected chi connectivity index (χ3v) is 3.94. The molecule has 0 bridgehead atoms. The second-order valence-electron chi connectivity index (χ2n) is 6.24. The molecule has 0 atom stereocenters. The zero-order valence-corrected chi connectivity index (χ0v) is 12.8. The molecule has 0 radical (unpaired) electrons. The summed E-state index contributed by atoms with van der Waals surface area (Å²) in [6.07, 6.45) is 2.00. The van der Waals surface area contributed by atoms with E-state index in [9.17, 15) is 9.59 Å². The number of benzene rings is 1. The van der Waals surface area contributed by atoms with Gasteiger partial charge in [0, 0.05) is 12.6 Å². The maximum atomic E-state index is 12.3. The van der Waals surface area contributed by atoms with Crippen LogP contribution in [0.25, 0.3) is 0 Å². The largest absolute Gasteiger partial charge is 0.454 e. The Morgan fingerprint density at radius 2 is 1.91 bits per heavy atom. The van der Waals surface area contributed by atoms with Crippen LogP contribution >= 0.6 is 0 Å². The number of hydrogen-bond donors (Lipinski definition) is 2. The van der Waals surface area contributed by atoms with Gasteiger partial charge >= 0.3 is 0 Å². The van der Waals surface area contributed by atoms with E-state index in [2.05, 4.69) is 10.6 Å². The highest BCUT2D eigenvalue weighted by Gasteiger charge is 2.38. The van der Waals surface area contributed by atoms with Crippen molar-refractivity contribution in [3.8, 4) is 11.5 Å². The number of rotatable bonds is 5. The van der Waals surface area contributed by atoms with Gasteiger partial charge < -0.3 is 20.1 Å². The molecule has 1 saturated carbocycles. The Morgan fingerprint density at radius 1 is 1.18 bits per heavy atom. The van der Waals surface area contributed by atoms with Crippen LogP contribution < -0.4 is 20.1 Å². The summed E-state index contributed by atoms with van der Waals surface area (Å²) < 4.78 is 10.5. The van der Waals surface area contributed by atoms with Crippen LogP contribution in [0.1, 0.15) is 32.3 Å². The van der Waals surface area contributed by atoms with E-state index in [4.69, 9.17) is 9.47 Å². The summed E-state index contributed by atoms with van der Waals surface area (Å²) in [6, 6.07) is 5.76. The topological polar surface area (TPSA) is 76.7 Å². The lowest BCUT2D eigenvalue weighted by Crippen LogP contribution is -2.48. The van der Waals surface area contributed by atoms with Crippen molar-refractivity contribution in [2.24, 2.45) is 5.41 Å². The molecule has 0 unspecified atom stereocenters. The van der Waals surface area contributed by atoms with Crippen LogP contribution in [0.2, 0.25) is 0 Å². The smallest absolute Gasteiger partial charge is 0.235 e. The minimum atomic E-state index is -1.08. The van der Waals surface area contributed by atoms with Gasteiger partial charge in [0.25, 0.3) is 0 Å². The molecule has 1 heterocycles. The zero-order valence-electron chi connectivity index (χ0n) is 12.8. The fourth-order valence-electron chi connectivity index (χ4n) is 2.15. The minimum Gasteiger partial charge on any atom is -0.454 e. The number of hydrogen-bond acceptors (Lipinski definition) is 4. The lowest BCUT2D eigenvalue weighted by molar-refractivity contribution is -0.141. The van der Waals surface area contributed by atoms with Crippen LogP contribution in [0.15, 0.2) is 18.2 Å². The van der Waals surface area contributed by atoms with Gasteiger partial charge in [0.15, 0.2) is 11.5 Å². The van der Waals surface area contributed by atoms with E-state index in [1.807, 2.05) is 18.2 Å². The molecule has 2 N–H and O–H groups in total. The third kappa shape index (κ3) is 3.00. The van der Waals surface area contributed by atoms with E-state index in [1.165, 1.54) is 0 Å². The number of amides is 2. The zero-order chi connectivity index (χ0) is 15.7. The van der Waals surface area contributed by atoms with E-state index in [0.717, 1.165) is 18.4 Å². The molecule has 1 fully saturated rings. The number of carbonyl (C=O) groups excluding carboxylic acids is 2. The van der Waals surface area contributed by atoms with Crippen LogP contribution in [0.3, 0.4) is 0 Å². The lowest BCUT2D eigenvalue weighted by atomic mass is 9.91. The van der Waals surface area contributed by atoms with Crippen LogP contribution in [-0.2, 0) is 16.1 Å². The Morgan fingerprint density at radius 3 is 2.64 bits per heavy atom. The summed E-state index contributed by atoms with van der Waals surface area (Å²) in [6.45, 7) is 3.84. The summed E-state index contributed by atoms with van der Waals surface area (Å²) in [4.78, 5) is 24.4. The van der Waals surface area contributed by atoms with Crippen LogP contribution in [0.4, 0.5) is 0 Å². The van der Waals surface area contributed by atoms with Gasteiger partial charge in [0.05, 0.1) is 0 Å². The van der Waals surface area contributed by atoms with E-state index in [-0.39, 0.29) is 24.6 Å². The molecule has 1 aliphatic carbocycles. The molecule has 6 heteroatoms. The Balaban J connectivity index is 1.57. The van der Waals surface area contributed by atoms with Crippen molar-refractivity contribution in [1.82, 2.24) is 10.6 Å². The van der Waals surface area contributed by atoms with Crippen molar-refractivity contribution in [2.45, 2.75) is 39.3 Å². The highest BCUT2D eigenvalue weighted by atomic mass is 16.7. The Hall–Kier alpha value is -2.24. The number of nitrogens with one attached hydrogen (secondary N) is 2. The van der Waals surface area contributed by atoms with Crippen molar-refractivity contribution in [3.05, 3.63) is 23.8 Å². The van der Waals surface area contributed by atoms with Crippen molar-refractivity contribution >= 4 is 11.8 Å². The number of carbonyl (C=O) groups is 2. The Kier molecular flexibility index (Phi) is 3.68. The first-order valence-electron chi connectivity index (χ1n) is 7.44. The molecule has 118 valence electrons. The van der Waals surface area contributed by atoms with Crippen molar-refractivity contribution < 1.29 is 19.1 Å². The van der Waals surface area contributed by atoms with Gasteiger partial charge in [-0.25, -0.2) is 0 Å². The average Bonchev–Trinajstić information content (AvgIpc) is 3.18. The van der Waals surface area contributed by atoms with E-state index in [1.54, 1.807) is 13.8 Å². The predicted molar refractivity (Wildman–Crippen MR) is 79.4 cm³/mol. The van der Waals surface area contributed by atoms with Gasteiger partial charge in [-0.1, -0.05) is 6.07 Å². The monoisotopic (exact) mass is 304 g/mol. The fraction of sp³-hybridized carbons (Fsp3) is 0.500. The van der Waals surface area contributed by atoms with Crippen molar-refractivity contribution in [1.29, 1.82) is 0 Å². The van der Waals surface area contributed by atoms with Gasteiger partial charge in [-0.05, 0) is 44.4 Å². The summed E-state index contributed by atoms with van der Waals surface area (Å²) in [5, 5.41) is 5.68. The second-order valence-corrected chi connectivity index (χ2v) is 6.24. The van der Waals surface area contributed by atoms with Gasteiger partial charge in [0.1, 0.15) is 5.41 Å². The van der Waals surface area contributed by atoms with E-state index >= 15 is 0 Å². The molecule has 1 aromatic carbocycles. The van der Waals surface area contributed by atoms with Gasteiger partial charge in [0.2, 0.25) is 18.6 Å². The third-order valence-electron chi connectivity index (χ3n) is 3.94. The summed E-state index contributed by atoms with van der Waals surface area (Å²) in [7, 11) is 0. The first kappa shape index (κ1) is 14.7. The normalized spacial score (nSPS) is 16.3. The van der Waals surface area contributed by atoms with Gasteiger partial charge in [-0.15, -0.1) is 0 Å². The molecule has 6 nitrogen and oxygen atoms in total. The van der Waals surface area contributed by atoms with Crippen LogP contribution in [-0.4, -0.2) is 24.6 Å². The summed E-state index contributed by atoms with van der Waals surface area (Å²) >= 11 is 0. The maximum absolute atomic E-state index is 12.3. The number of fused-ring (bicyclic) bond motifs is 1. The molecule has 0 saturated heterocycles. The van der Waals surface area contributed by atoms with Gasteiger partial charge in [-0.2, -0.15) is 0 Å². The molecular formula is C16H20N2O4. The second kappa shape index (κ2) is 5.51. The number of ether oxygens (including phenoxy) is 2. The molecule has 1 aromatic rings. The summed E-state index contributed by atoms with van der Waals surface area (Å²) in [5.41, 5.74) is -0.185. The van der Waals surface area contributed by atoms with Crippen LogP contribution in [0.5, 0.6) is 11.5 Å².